The summed E-state index contributed by atoms with van der Waals surface area (Å²) in [5.74, 6) is -0.161. The molecule has 1 aromatic carbocycles. The van der Waals surface area contributed by atoms with E-state index in [0.29, 0.717) is 0 Å². The highest BCUT2D eigenvalue weighted by Crippen LogP contribution is 2.32. The van der Waals surface area contributed by atoms with Gasteiger partial charge in [-0.2, -0.15) is 0 Å². The lowest BCUT2D eigenvalue weighted by Gasteiger charge is -2.46. The predicted octanol–water partition coefficient (Wildman–Crippen LogP) is 2.90. The van der Waals surface area contributed by atoms with E-state index in [0.717, 1.165) is 44.0 Å². The van der Waals surface area contributed by atoms with Crippen LogP contribution in [0.3, 0.4) is 0 Å². The van der Waals surface area contributed by atoms with Gasteiger partial charge in [0.25, 0.3) is 0 Å². The summed E-state index contributed by atoms with van der Waals surface area (Å²) in [7, 11) is 0. The van der Waals surface area contributed by atoms with E-state index in [9.17, 15) is 4.39 Å². The molecule has 1 aliphatic heterocycles. The van der Waals surface area contributed by atoms with Gasteiger partial charge < -0.3 is 10.1 Å². The Morgan fingerprint density at radius 2 is 1.95 bits per heavy atom. The minimum Gasteiger partial charge on any atom is -0.379 e. The summed E-state index contributed by atoms with van der Waals surface area (Å²) < 4.78 is 19.3. The number of benzene rings is 1. The highest BCUT2D eigenvalue weighted by atomic mass is 19.1. The molecule has 0 radical (unpaired) electrons. The fourth-order valence-electron chi connectivity index (χ4n) is 3.23. The number of hydrogen-bond donors (Lipinski definition) is 1. The first kappa shape index (κ1) is 16.4. The first-order valence-electron chi connectivity index (χ1n) is 7.78. The molecule has 1 saturated heterocycles. The number of halogens is 1. The topological polar surface area (TPSA) is 24.5 Å². The second kappa shape index (κ2) is 6.86. The zero-order valence-corrected chi connectivity index (χ0v) is 13.6. The van der Waals surface area contributed by atoms with Gasteiger partial charge in [-0.1, -0.05) is 13.0 Å². The number of aryl methyl sites for hydroxylation is 1. The van der Waals surface area contributed by atoms with Crippen molar-refractivity contribution in [1.29, 1.82) is 0 Å². The zero-order valence-electron chi connectivity index (χ0n) is 13.6. The zero-order chi connectivity index (χ0) is 15.5. The molecular weight excluding hydrogens is 267 g/mol. The van der Waals surface area contributed by atoms with E-state index in [1.807, 2.05) is 6.92 Å². The fourth-order valence-corrected chi connectivity index (χ4v) is 3.23. The Morgan fingerprint density at radius 1 is 1.29 bits per heavy atom. The molecule has 3 nitrogen and oxygen atoms in total. The van der Waals surface area contributed by atoms with E-state index in [-0.39, 0.29) is 17.4 Å². The average molecular weight is 294 g/mol. The monoisotopic (exact) mass is 294 g/mol. The molecule has 1 N–H and O–H groups in total. The second-order valence-electron chi connectivity index (χ2n) is 6.31. The molecule has 0 spiro atoms. The van der Waals surface area contributed by atoms with Crippen LogP contribution < -0.4 is 5.32 Å². The van der Waals surface area contributed by atoms with Gasteiger partial charge in [-0.25, -0.2) is 4.39 Å². The quantitative estimate of drug-likeness (QED) is 0.904. The number of nitrogens with zero attached hydrogens (tertiary/aromatic N) is 1. The molecule has 1 aromatic rings. The number of morpholine rings is 1. The Hall–Kier alpha value is -0.970. The predicted molar refractivity (Wildman–Crippen MR) is 84.0 cm³/mol. The van der Waals surface area contributed by atoms with E-state index in [1.165, 1.54) is 0 Å². The molecule has 0 bridgehead atoms. The molecule has 1 fully saturated rings. The smallest absolute Gasteiger partial charge is 0.123 e. The van der Waals surface area contributed by atoms with Crippen LogP contribution in [-0.4, -0.2) is 43.3 Å². The molecule has 21 heavy (non-hydrogen) atoms. The lowest BCUT2D eigenvalue weighted by molar-refractivity contribution is -0.0236. The first-order chi connectivity index (χ1) is 9.95. The van der Waals surface area contributed by atoms with Crippen LogP contribution in [0.1, 0.15) is 37.9 Å². The van der Waals surface area contributed by atoms with Crippen molar-refractivity contribution in [2.45, 2.75) is 39.3 Å². The van der Waals surface area contributed by atoms with Gasteiger partial charge in [-0.15, -0.1) is 0 Å². The van der Waals surface area contributed by atoms with Crippen molar-refractivity contribution < 1.29 is 9.13 Å². The van der Waals surface area contributed by atoms with Crippen molar-refractivity contribution in [3.05, 3.63) is 35.1 Å². The summed E-state index contributed by atoms with van der Waals surface area (Å²) >= 11 is 0. The van der Waals surface area contributed by atoms with Crippen LogP contribution in [0.25, 0.3) is 0 Å². The Morgan fingerprint density at radius 3 is 2.52 bits per heavy atom. The Bertz CT molecular complexity index is 450. The van der Waals surface area contributed by atoms with Crippen LogP contribution in [0.4, 0.5) is 4.39 Å². The summed E-state index contributed by atoms with van der Waals surface area (Å²) in [4.78, 5) is 2.43. The summed E-state index contributed by atoms with van der Waals surface area (Å²) in [6, 6.07) is 5.41. The fraction of sp³-hybridized carbons (Fsp3) is 0.647. The van der Waals surface area contributed by atoms with Gasteiger partial charge in [-0.05, 0) is 50.6 Å². The maximum Gasteiger partial charge on any atom is 0.123 e. The van der Waals surface area contributed by atoms with Gasteiger partial charge in [0, 0.05) is 18.6 Å². The highest BCUT2D eigenvalue weighted by molar-refractivity contribution is 5.28. The molecule has 0 amide bonds. The largest absolute Gasteiger partial charge is 0.379 e. The van der Waals surface area contributed by atoms with Crippen molar-refractivity contribution in [3.63, 3.8) is 0 Å². The maximum atomic E-state index is 13.8. The summed E-state index contributed by atoms with van der Waals surface area (Å²) in [5.41, 5.74) is 1.89. The van der Waals surface area contributed by atoms with Crippen molar-refractivity contribution in [1.82, 2.24) is 10.2 Å². The van der Waals surface area contributed by atoms with Gasteiger partial charge in [0.2, 0.25) is 0 Å². The normalized spacial score (nSPS) is 18.7. The van der Waals surface area contributed by atoms with E-state index in [1.54, 1.807) is 12.1 Å². The van der Waals surface area contributed by atoms with Crippen molar-refractivity contribution in [2.24, 2.45) is 0 Å². The van der Waals surface area contributed by atoms with Crippen LogP contribution in [0.5, 0.6) is 0 Å². The number of likely N-dealkylation sites (N-methyl/N-ethyl adjacent to an activating group) is 1. The molecule has 118 valence electrons. The third-order valence-electron chi connectivity index (χ3n) is 4.34. The molecule has 1 unspecified atom stereocenters. The maximum absolute atomic E-state index is 13.8. The standard InChI is InChI=1S/C17H27FN2O/c1-5-19-16(14-10-13(2)11-15(18)12-14)17(3,4)20-6-8-21-9-7-20/h10-12,16,19H,5-9H2,1-4H3. The molecule has 0 aliphatic carbocycles. The van der Waals surface area contributed by atoms with E-state index in [4.69, 9.17) is 4.74 Å². The van der Waals surface area contributed by atoms with E-state index in [2.05, 4.69) is 37.1 Å². The van der Waals surface area contributed by atoms with Crippen molar-refractivity contribution >= 4 is 0 Å². The van der Waals surface area contributed by atoms with Gasteiger partial charge in [-0.3, -0.25) is 4.90 Å². The average Bonchev–Trinajstić information content (AvgIpc) is 2.44. The summed E-state index contributed by atoms with van der Waals surface area (Å²) in [6.45, 7) is 12.7. The lowest BCUT2D eigenvalue weighted by Crippen LogP contribution is -2.56. The van der Waals surface area contributed by atoms with Crippen LogP contribution >= 0.6 is 0 Å². The number of ether oxygens (including phenoxy) is 1. The van der Waals surface area contributed by atoms with E-state index < -0.39 is 0 Å². The third kappa shape index (κ3) is 3.82. The molecule has 2 rings (SSSR count). The van der Waals surface area contributed by atoms with Crippen molar-refractivity contribution in [2.75, 3.05) is 32.8 Å². The molecule has 1 atom stereocenters. The molecule has 0 aromatic heterocycles. The molecule has 1 heterocycles. The van der Waals surface area contributed by atoms with Crippen LogP contribution in [0.2, 0.25) is 0 Å². The van der Waals surface area contributed by atoms with Gasteiger partial charge in [0.05, 0.1) is 19.3 Å². The number of hydrogen-bond acceptors (Lipinski definition) is 3. The molecular formula is C17H27FN2O. The van der Waals surface area contributed by atoms with E-state index >= 15 is 0 Å². The van der Waals surface area contributed by atoms with Gasteiger partial charge in [0.15, 0.2) is 0 Å². The Balaban J connectivity index is 2.31. The molecule has 0 saturated carbocycles. The molecule has 1 aliphatic rings. The summed E-state index contributed by atoms with van der Waals surface area (Å²) in [6.07, 6.45) is 0. The second-order valence-corrected chi connectivity index (χ2v) is 6.31. The minimum atomic E-state index is -0.161. The molecule has 4 heteroatoms. The van der Waals surface area contributed by atoms with Crippen molar-refractivity contribution in [3.8, 4) is 0 Å². The van der Waals surface area contributed by atoms with Crippen LogP contribution in [0, 0.1) is 12.7 Å². The number of nitrogens with one attached hydrogen (secondary N) is 1. The third-order valence-corrected chi connectivity index (χ3v) is 4.34. The highest BCUT2D eigenvalue weighted by Gasteiger charge is 2.36. The number of rotatable bonds is 5. The minimum absolute atomic E-state index is 0.0926. The van der Waals surface area contributed by atoms with Gasteiger partial charge in [0.1, 0.15) is 5.82 Å². The van der Waals surface area contributed by atoms with Crippen LogP contribution in [-0.2, 0) is 4.74 Å². The first-order valence-corrected chi connectivity index (χ1v) is 7.78. The lowest BCUT2D eigenvalue weighted by atomic mass is 9.85. The van der Waals surface area contributed by atoms with Crippen LogP contribution in [0.15, 0.2) is 18.2 Å². The SMILES string of the molecule is CCNC(c1cc(C)cc(F)c1)C(C)(C)N1CCOCC1. The Kier molecular flexibility index (Phi) is 5.36. The Labute approximate surface area is 127 Å². The summed E-state index contributed by atoms with van der Waals surface area (Å²) in [5, 5.41) is 3.54. The van der Waals surface area contributed by atoms with Gasteiger partial charge >= 0.3 is 0 Å².